The Labute approximate surface area is 379 Å². The summed E-state index contributed by atoms with van der Waals surface area (Å²) >= 11 is 0. The highest BCUT2D eigenvalue weighted by Crippen LogP contribution is 2.70. The van der Waals surface area contributed by atoms with Crippen molar-refractivity contribution < 1.29 is 29.3 Å². The van der Waals surface area contributed by atoms with E-state index in [0.29, 0.717) is 19.5 Å². The second-order valence-corrected chi connectivity index (χ2v) is 20.2. The van der Waals surface area contributed by atoms with E-state index in [1.54, 1.807) is 6.92 Å². The molecule has 340 valence electrons. The molecule has 6 N–H and O–H groups in total. The fraction of sp³-hybridized carbons (Fsp3) is 0.510. The van der Waals surface area contributed by atoms with Crippen molar-refractivity contribution in [3.8, 4) is 11.3 Å². The first-order chi connectivity index (χ1) is 31.3. The monoisotopic (exact) mass is 880 g/mol. The molecule has 0 bridgehead atoms. The van der Waals surface area contributed by atoms with E-state index in [1.807, 2.05) is 42.0 Å². The van der Waals surface area contributed by atoms with Gasteiger partial charge in [0.1, 0.15) is 22.8 Å². The third-order valence-corrected chi connectivity index (χ3v) is 16.1. The van der Waals surface area contributed by atoms with Gasteiger partial charge in [-0.2, -0.15) is 0 Å². The zero-order valence-corrected chi connectivity index (χ0v) is 37.7. The van der Waals surface area contributed by atoms with Gasteiger partial charge in [-0.15, -0.1) is 0 Å². The van der Waals surface area contributed by atoms with Crippen LogP contribution in [-0.2, 0) is 25.5 Å². The number of hydrogen-bond donors (Lipinski definition) is 6. The number of aromatic amines is 2. The van der Waals surface area contributed by atoms with E-state index in [1.165, 1.54) is 29.2 Å². The van der Waals surface area contributed by atoms with Crippen LogP contribution in [0.4, 0.5) is 0 Å². The second-order valence-electron chi connectivity index (χ2n) is 20.2. The largest absolute Gasteiger partial charge is 0.380 e. The number of benzene rings is 2. The molecular weight excluding hydrogens is 821 g/mol. The molecule has 14 nitrogen and oxygen atoms in total. The summed E-state index contributed by atoms with van der Waals surface area (Å²) < 4.78 is 5.01. The highest BCUT2D eigenvalue weighted by atomic mass is 16.6. The van der Waals surface area contributed by atoms with E-state index in [2.05, 4.69) is 69.2 Å². The van der Waals surface area contributed by atoms with E-state index >= 15 is 0 Å². The lowest BCUT2D eigenvalue weighted by atomic mass is 9.66. The minimum atomic E-state index is -1.54. The van der Waals surface area contributed by atoms with Gasteiger partial charge in [0, 0.05) is 54.3 Å². The smallest absolute Gasteiger partial charge is 0.253 e. The maximum Gasteiger partial charge on any atom is 0.253 e. The van der Waals surface area contributed by atoms with Crippen LogP contribution in [0.2, 0.25) is 0 Å². The Kier molecular flexibility index (Phi) is 10.1. The number of aryl methyl sites for hydroxylation is 1. The van der Waals surface area contributed by atoms with Crippen molar-refractivity contribution in [1.29, 1.82) is 0 Å². The fourth-order valence-electron chi connectivity index (χ4n) is 12.6. The molecule has 4 aromatic rings. The number of carbonyl (C=O) groups excluding carboxylic acids is 3. The maximum absolute atomic E-state index is 14.5. The molecule has 7 aliphatic rings. The van der Waals surface area contributed by atoms with Gasteiger partial charge < -0.3 is 40.0 Å². The molecule has 65 heavy (non-hydrogen) atoms. The van der Waals surface area contributed by atoms with Crippen molar-refractivity contribution >= 4 is 34.1 Å². The molecule has 2 aromatic carbocycles. The predicted molar refractivity (Wildman–Crippen MR) is 244 cm³/mol. The van der Waals surface area contributed by atoms with Gasteiger partial charge >= 0.3 is 0 Å². The van der Waals surface area contributed by atoms with Gasteiger partial charge in [-0.1, -0.05) is 68.5 Å². The molecule has 4 aliphatic carbocycles. The lowest BCUT2D eigenvalue weighted by Crippen LogP contribution is -2.67. The average molecular weight is 881 g/mol. The van der Waals surface area contributed by atoms with E-state index in [4.69, 9.17) is 14.7 Å². The van der Waals surface area contributed by atoms with Crippen LogP contribution in [0.15, 0.2) is 72.5 Å². The number of allylic oxidation sites excluding steroid dienone is 5. The van der Waals surface area contributed by atoms with Crippen LogP contribution < -0.4 is 10.6 Å². The molecule has 2 aromatic heterocycles. The molecule has 14 heteroatoms. The highest BCUT2D eigenvalue weighted by molar-refractivity contribution is 6.01. The van der Waals surface area contributed by atoms with E-state index in [9.17, 15) is 24.6 Å². The van der Waals surface area contributed by atoms with Gasteiger partial charge in [-0.3, -0.25) is 19.7 Å². The van der Waals surface area contributed by atoms with Crippen LogP contribution in [-0.4, -0.2) is 101 Å². The summed E-state index contributed by atoms with van der Waals surface area (Å²) in [7, 11) is 1.41. The summed E-state index contributed by atoms with van der Waals surface area (Å²) in [6.07, 6.45) is 17.6. The number of aliphatic hydroxyl groups is 2. The average Bonchev–Trinajstić information content (AvgIpc) is 4.00. The molecular formula is C51H60N8O6. The molecule has 0 radical (unpaired) electrons. The van der Waals surface area contributed by atoms with Crippen molar-refractivity contribution in [2.75, 3.05) is 20.2 Å². The Morgan fingerprint density at radius 2 is 1.77 bits per heavy atom. The Hall–Kier alpha value is -5.41. The van der Waals surface area contributed by atoms with Crippen LogP contribution >= 0.6 is 0 Å². The van der Waals surface area contributed by atoms with Gasteiger partial charge in [-0.25, -0.2) is 9.97 Å². The number of nitrogens with zero attached hydrogens (tertiary/aromatic N) is 4. The van der Waals surface area contributed by atoms with Gasteiger partial charge in [0.05, 0.1) is 35.7 Å². The Morgan fingerprint density at radius 1 is 1.00 bits per heavy atom. The number of H-pyrrole nitrogens is 2. The zero-order chi connectivity index (χ0) is 45.0. The van der Waals surface area contributed by atoms with Crippen LogP contribution in [0.5, 0.6) is 0 Å². The molecule has 3 aliphatic heterocycles. The number of likely N-dealkylation sites (tertiary alicyclic amines) is 2. The van der Waals surface area contributed by atoms with E-state index in [0.717, 1.165) is 97.5 Å². The van der Waals surface area contributed by atoms with Crippen LogP contribution in [0.1, 0.15) is 125 Å². The van der Waals surface area contributed by atoms with Crippen molar-refractivity contribution in [2.24, 2.45) is 17.3 Å². The molecule has 3 amide bonds. The summed E-state index contributed by atoms with van der Waals surface area (Å²) in [5.41, 5.74) is 4.85. The van der Waals surface area contributed by atoms with Gasteiger partial charge in [-0.05, 0) is 105 Å². The quantitative estimate of drug-likeness (QED) is 0.0793. The number of imidazole rings is 2. The van der Waals surface area contributed by atoms with Crippen LogP contribution in [0, 0.1) is 17.3 Å². The van der Waals surface area contributed by atoms with Gasteiger partial charge in [0.2, 0.25) is 18.2 Å². The summed E-state index contributed by atoms with van der Waals surface area (Å²) in [6, 6.07) is 12.3. The first-order valence-electron chi connectivity index (χ1n) is 23.7. The molecule has 11 rings (SSSR count). The Balaban J connectivity index is 0.774. The first-order valence-corrected chi connectivity index (χ1v) is 23.7. The molecule has 1 saturated carbocycles. The van der Waals surface area contributed by atoms with Crippen molar-refractivity contribution in [3.63, 3.8) is 0 Å². The number of fused-ring (bicyclic) bond motifs is 4. The highest BCUT2D eigenvalue weighted by Gasteiger charge is 2.81. The lowest BCUT2D eigenvalue weighted by molar-refractivity contribution is -0.159. The number of nitrogens with one attached hydrogen (secondary N) is 4. The summed E-state index contributed by atoms with van der Waals surface area (Å²) in [5, 5.41) is 29.6. The zero-order valence-electron chi connectivity index (χ0n) is 37.7. The standard InChI is InChI=1S/C51H60N8O6/c1-28(2)41(56-48(63)65-4)45(60)58-21-7-10-39(58)44-53-36-19-17-33-24-32(16-18-35(33)42(36)55-44)29-12-13-31-25-34(15-14-30(31)23-29)37-26-52-43(54-37)38-9-8-22-59(38)47(62)51-27-50(51)20-6-5-11-40(50)49(3,64)46(61)57-51/h5,11-15,18,23-26,28,32,38-41,48,56,63-64H,6-10,16-17,19-22,27H2,1-4H3,(H,52,54)(H,53,55)(H,57,61)/t32?,38-,39-,40?,41-,48?,49?,50?,51?/m0/s1. The summed E-state index contributed by atoms with van der Waals surface area (Å²) in [6.45, 7) is 6.76. The molecule has 3 saturated heterocycles. The van der Waals surface area contributed by atoms with Crippen LogP contribution in [0.25, 0.3) is 27.6 Å². The third kappa shape index (κ3) is 6.68. The van der Waals surface area contributed by atoms with Crippen molar-refractivity contribution in [1.82, 2.24) is 40.4 Å². The van der Waals surface area contributed by atoms with Gasteiger partial charge in [0.15, 0.2) is 0 Å². The van der Waals surface area contributed by atoms with Crippen molar-refractivity contribution in [3.05, 3.63) is 101 Å². The Morgan fingerprint density at radius 3 is 2.57 bits per heavy atom. The molecule has 1 spiro atoms. The molecule has 4 fully saturated rings. The minimum absolute atomic E-state index is 0.0348. The predicted octanol–water partition coefficient (Wildman–Crippen LogP) is 6.24. The number of ether oxygens (including phenoxy) is 1. The number of amides is 3. The number of methoxy groups -OCH3 is 1. The number of piperidine rings is 1. The minimum Gasteiger partial charge on any atom is -0.380 e. The SMILES string of the molecule is COC(O)N[C@H](C(=O)N1CCC[C@H]1c1nc2c([nH]1)CCC1=CC(c3ccc4cc(-c5cnc([C@@H]6CCCN6C(=O)C67CC68CCC=CC8C(C)(O)C(=O)N7)[nH]5)ccc4c3)CC=C12)C(C)C. The maximum atomic E-state index is 14.5. The van der Waals surface area contributed by atoms with E-state index in [-0.39, 0.29) is 41.7 Å². The second kappa shape index (κ2) is 15.6. The van der Waals surface area contributed by atoms with Gasteiger partial charge in [0.25, 0.3) is 5.91 Å². The number of hydrogen-bond acceptors (Lipinski definition) is 9. The summed E-state index contributed by atoms with van der Waals surface area (Å²) in [4.78, 5) is 62.6. The third-order valence-electron chi connectivity index (χ3n) is 16.1. The Bertz CT molecular complexity index is 2690. The molecule has 5 heterocycles. The van der Waals surface area contributed by atoms with E-state index < -0.39 is 34.9 Å². The van der Waals surface area contributed by atoms with Crippen molar-refractivity contribution in [2.45, 2.75) is 127 Å². The topological polar surface area (TPSA) is 189 Å². The molecule has 6 unspecified atom stereocenters. The van der Waals surface area contributed by atoms with Crippen LogP contribution in [0.3, 0.4) is 0 Å². The first kappa shape index (κ1) is 42.2. The fourth-order valence-corrected chi connectivity index (χ4v) is 12.6. The number of rotatable bonds is 10. The lowest BCUT2D eigenvalue weighted by Gasteiger charge is -2.46. The molecule has 9 atom stereocenters. The number of aliphatic hydroxyl groups excluding tert-OH is 1. The number of aromatic nitrogens is 4. The number of carbonyl (C=O) groups is 3. The summed E-state index contributed by atoms with van der Waals surface area (Å²) in [5.74, 6) is 0.849. The normalized spacial score (nSPS) is 31.2.